The number of nitrogens with zero attached hydrogens (tertiary/aromatic N) is 1. The van der Waals surface area contributed by atoms with Gasteiger partial charge in [0.2, 0.25) is 11.8 Å². The summed E-state index contributed by atoms with van der Waals surface area (Å²) in [5, 5.41) is 6.68. The Morgan fingerprint density at radius 3 is 2.35 bits per heavy atom. The quantitative estimate of drug-likeness (QED) is 0.311. The van der Waals surface area contributed by atoms with Gasteiger partial charge in [0.25, 0.3) is 0 Å². The molecule has 0 saturated carbocycles. The van der Waals surface area contributed by atoms with Crippen LogP contribution < -0.4 is 15.5 Å². The number of amides is 2. The van der Waals surface area contributed by atoms with Gasteiger partial charge in [-0.15, -0.1) is 0 Å². The first-order valence-corrected chi connectivity index (χ1v) is 10.1. The fourth-order valence-corrected chi connectivity index (χ4v) is 2.90. The third kappa shape index (κ3) is 7.12. The second-order valence-corrected chi connectivity index (χ2v) is 6.87. The van der Waals surface area contributed by atoms with E-state index < -0.39 is 5.91 Å². The van der Waals surface area contributed by atoms with E-state index in [1.807, 2.05) is 85.8 Å². The van der Waals surface area contributed by atoms with Crippen molar-refractivity contribution in [1.29, 1.82) is 0 Å². The maximum Gasteiger partial charge on any atom is 0.249 e. The van der Waals surface area contributed by atoms with Crippen LogP contribution in [0.2, 0.25) is 0 Å². The number of carbonyl (C=O) groups is 2. The Bertz CT molecular complexity index is 1030. The van der Waals surface area contributed by atoms with Crippen molar-refractivity contribution in [2.75, 3.05) is 5.32 Å². The second kappa shape index (κ2) is 11.3. The number of hydrogen-bond donors (Lipinski definition) is 2. The zero-order chi connectivity index (χ0) is 21.9. The molecule has 2 N–H and O–H groups in total. The van der Waals surface area contributed by atoms with E-state index in [4.69, 9.17) is 4.74 Å². The predicted octanol–water partition coefficient (Wildman–Crippen LogP) is 4.31. The summed E-state index contributed by atoms with van der Waals surface area (Å²) in [6.07, 6.45) is 2.01. The fourth-order valence-electron chi connectivity index (χ4n) is 2.90. The molecule has 0 atom stereocenters. The lowest BCUT2D eigenvalue weighted by atomic mass is 10.1. The first kappa shape index (κ1) is 21.8. The van der Waals surface area contributed by atoms with Crippen LogP contribution in [0.25, 0.3) is 0 Å². The number of aryl methyl sites for hydroxylation is 1. The normalized spacial score (nSPS) is 10.6. The summed E-state index contributed by atoms with van der Waals surface area (Å²) in [6, 6.07) is 24.8. The van der Waals surface area contributed by atoms with Crippen molar-refractivity contribution in [1.82, 2.24) is 5.43 Å². The predicted molar refractivity (Wildman–Crippen MR) is 122 cm³/mol. The van der Waals surface area contributed by atoms with Crippen molar-refractivity contribution in [3.8, 4) is 5.75 Å². The van der Waals surface area contributed by atoms with Gasteiger partial charge >= 0.3 is 0 Å². The van der Waals surface area contributed by atoms with E-state index in [0.29, 0.717) is 6.61 Å². The molecular weight excluding hydrogens is 390 g/mol. The van der Waals surface area contributed by atoms with Crippen LogP contribution in [-0.4, -0.2) is 18.0 Å². The average Bonchev–Trinajstić information content (AvgIpc) is 2.79. The molecule has 3 aromatic rings. The van der Waals surface area contributed by atoms with E-state index in [9.17, 15) is 9.59 Å². The Hall–Kier alpha value is -3.93. The first-order valence-electron chi connectivity index (χ1n) is 10.1. The van der Waals surface area contributed by atoms with Gasteiger partial charge in [0.1, 0.15) is 18.8 Å². The average molecular weight is 415 g/mol. The van der Waals surface area contributed by atoms with Crippen molar-refractivity contribution < 1.29 is 14.3 Å². The van der Waals surface area contributed by atoms with Crippen molar-refractivity contribution >= 4 is 23.7 Å². The maximum absolute atomic E-state index is 12.1. The topological polar surface area (TPSA) is 79.8 Å². The molecule has 0 saturated heterocycles. The zero-order valence-corrected chi connectivity index (χ0v) is 17.4. The molecule has 0 spiro atoms. The first-order chi connectivity index (χ1) is 15.1. The summed E-state index contributed by atoms with van der Waals surface area (Å²) in [5.41, 5.74) is 6.01. The Morgan fingerprint density at radius 1 is 0.903 bits per heavy atom. The van der Waals surface area contributed by atoms with Crippen molar-refractivity contribution in [3.05, 3.63) is 95.6 Å². The highest BCUT2D eigenvalue weighted by atomic mass is 16.5. The molecule has 0 heterocycles. The molecule has 0 unspecified atom stereocenters. The molecule has 0 aromatic heterocycles. The van der Waals surface area contributed by atoms with Crippen LogP contribution in [0.5, 0.6) is 5.75 Å². The van der Waals surface area contributed by atoms with Crippen LogP contribution in [-0.2, 0) is 22.6 Å². The highest BCUT2D eigenvalue weighted by Crippen LogP contribution is 2.16. The van der Waals surface area contributed by atoms with Gasteiger partial charge in [-0.3, -0.25) is 9.59 Å². The Labute approximate surface area is 182 Å². The van der Waals surface area contributed by atoms with Gasteiger partial charge in [0, 0.05) is 5.69 Å². The van der Waals surface area contributed by atoms with Gasteiger partial charge < -0.3 is 10.1 Å². The third-order valence-corrected chi connectivity index (χ3v) is 4.52. The Balaban J connectivity index is 1.43. The summed E-state index contributed by atoms with van der Waals surface area (Å²) >= 11 is 0. The molecule has 0 aliphatic carbocycles. The number of anilines is 1. The van der Waals surface area contributed by atoms with Crippen molar-refractivity contribution in [3.63, 3.8) is 0 Å². The lowest BCUT2D eigenvalue weighted by Gasteiger charge is -2.09. The van der Waals surface area contributed by atoms with E-state index in [1.165, 1.54) is 6.21 Å². The van der Waals surface area contributed by atoms with Gasteiger partial charge in [-0.05, 0) is 53.4 Å². The molecule has 6 heteroatoms. The summed E-state index contributed by atoms with van der Waals surface area (Å²) in [7, 11) is 0. The minimum absolute atomic E-state index is 0.304. The molecule has 158 valence electrons. The number of rotatable bonds is 9. The van der Waals surface area contributed by atoms with Gasteiger partial charge in [-0.25, -0.2) is 5.43 Å². The molecule has 0 fully saturated rings. The Kier molecular flexibility index (Phi) is 7.94. The fraction of sp³-hybridized carbons (Fsp3) is 0.160. The highest BCUT2D eigenvalue weighted by Gasteiger charge is 2.10. The third-order valence-electron chi connectivity index (χ3n) is 4.52. The van der Waals surface area contributed by atoms with Gasteiger partial charge in [0.05, 0.1) is 6.21 Å². The number of nitrogens with one attached hydrogen (secondary N) is 2. The number of para-hydroxylation sites is 1. The molecule has 31 heavy (non-hydrogen) atoms. The van der Waals surface area contributed by atoms with E-state index >= 15 is 0 Å². The molecule has 0 aliphatic heterocycles. The van der Waals surface area contributed by atoms with Crippen LogP contribution in [0.4, 0.5) is 5.69 Å². The van der Waals surface area contributed by atoms with E-state index in [0.717, 1.165) is 34.5 Å². The van der Waals surface area contributed by atoms with Crippen LogP contribution >= 0.6 is 0 Å². The van der Waals surface area contributed by atoms with E-state index in [-0.39, 0.29) is 12.3 Å². The van der Waals surface area contributed by atoms with Crippen LogP contribution in [0.3, 0.4) is 0 Å². The molecule has 6 nitrogen and oxygen atoms in total. The molecule has 0 aliphatic rings. The second-order valence-electron chi connectivity index (χ2n) is 6.87. The zero-order valence-electron chi connectivity index (χ0n) is 17.4. The minimum Gasteiger partial charge on any atom is -0.489 e. The summed E-state index contributed by atoms with van der Waals surface area (Å²) < 4.78 is 5.74. The largest absolute Gasteiger partial charge is 0.489 e. The SMILES string of the molecule is CCc1ccccc1NC(=O)CC(=O)NN=Cc1ccc(OCc2ccccc2)cc1. The summed E-state index contributed by atoms with van der Waals surface area (Å²) in [6.45, 7) is 2.50. The number of hydrogen-bond acceptors (Lipinski definition) is 4. The minimum atomic E-state index is -0.481. The van der Waals surface area contributed by atoms with Gasteiger partial charge in [-0.1, -0.05) is 55.5 Å². The van der Waals surface area contributed by atoms with Gasteiger partial charge in [-0.2, -0.15) is 5.10 Å². The lowest BCUT2D eigenvalue weighted by Crippen LogP contribution is -2.25. The number of ether oxygens (including phenoxy) is 1. The molecule has 2 amide bonds. The summed E-state index contributed by atoms with van der Waals surface area (Å²) in [4.78, 5) is 24.0. The van der Waals surface area contributed by atoms with E-state index in [1.54, 1.807) is 0 Å². The van der Waals surface area contributed by atoms with Crippen LogP contribution in [0.1, 0.15) is 30.0 Å². The Morgan fingerprint density at radius 2 is 1.61 bits per heavy atom. The smallest absolute Gasteiger partial charge is 0.249 e. The molecule has 0 radical (unpaired) electrons. The monoisotopic (exact) mass is 415 g/mol. The summed E-state index contributed by atoms with van der Waals surface area (Å²) in [5.74, 6) is -0.117. The molecule has 0 bridgehead atoms. The van der Waals surface area contributed by atoms with Crippen molar-refractivity contribution in [2.45, 2.75) is 26.4 Å². The standard InChI is InChI=1S/C25H25N3O3/c1-2-21-10-6-7-11-23(21)27-24(29)16-25(30)28-26-17-19-12-14-22(15-13-19)31-18-20-8-4-3-5-9-20/h3-15,17H,2,16,18H2,1H3,(H,27,29)(H,28,30). The number of hydrazone groups is 1. The lowest BCUT2D eigenvalue weighted by molar-refractivity contribution is -0.126. The van der Waals surface area contributed by atoms with Crippen LogP contribution in [0.15, 0.2) is 84.0 Å². The van der Waals surface area contributed by atoms with Gasteiger partial charge in [0.15, 0.2) is 0 Å². The maximum atomic E-state index is 12.1. The molecular formula is C25H25N3O3. The van der Waals surface area contributed by atoms with Crippen molar-refractivity contribution in [2.24, 2.45) is 5.10 Å². The molecule has 3 rings (SSSR count). The number of benzene rings is 3. The van der Waals surface area contributed by atoms with Crippen LogP contribution in [0, 0.1) is 0 Å². The molecule has 3 aromatic carbocycles. The van der Waals surface area contributed by atoms with E-state index in [2.05, 4.69) is 15.8 Å². The highest BCUT2D eigenvalue weighted by molar-refractivity contribution is 6.04. The number of carbonyl (C=O) groups excluding carboxylic acids is 2.